The second-order valence-electron chi connectivity index (χ2n) is 6.77. The predicted octanol–water partition coefficient (Wildman–Crippen LogP) is 5.29. The molecule has 0 saturated heterocycles. The lowest BCUT2D eigenvalue weighted by molar-refractivity contribution is 0.112. The van der Waals surface area contributed by atoms with E-state index in [9.17, 15) is 4.79 Å². The quantitative estimate of drug-likeness (QED) is 0.616. The molecule has 1 aromatic heterocycles. The van der Waals surface area contributed by atoms with E-state index in [0.29, 0.717) is 12.6 Å². The normalized spacial score (nSPS) is 14.2. The first-order valence-corrected chi connectivity index (χ1v) is 9.31. The molecule has 134 valence electrons. The Labute approximate surface area is 153 Å². The molecule has 0 radical (unpaired) electrons. The Morgan fingerprint density at radius 2 is 1.96 bits per heavy atom. The standard InChI is InChI=1S/C22H24N2O2/c1-3-26-18-11-12-19-20(14-25)22(15-7-9-16(23-2)10-8-15)24(21(19)13-18)17-5-4-6-17/h7-14,17,23H,3-6H2,1-2H3. The average molecular weight is 348 g/mol. The summed E-state index contributed by atoms with van der Waals surface area (Å²) in [5, 5.41) is 4.15. The Hall–Kier alpha value is -2.75. The number of nitrogens with one attached hydrogen (secondary N) is 1. The molecule has 0 bridgehead atoms. The molecule has 0 aliphatic heterocycles. The fourth-order valence-corrected chi connectivity index (χ4v) is 3.81. The second kappa shape index (κ2) is 6.87. The van der Waals surface area contributed by atoms with E-state index in [0.717, 1.165) is 58.3 Å². The van der Waals surface area contributed by atoms with Crippen LogP contribution in [0.15, 0.2) is 42.5 Å². The molecular weight excluding hydrogens is 324 g/mol. The van der Waals surface area contributed by atoms with Crippen LogP contribution in [-0.4, -0.2) is 24.5 Å². The van der Waals surface area contributed by atoms with E-state index in [2.05, 4.69) is 40.2 Å². The van der Waals surface area contributed by atoms with E-state index in [1.165, 1.54) is 6.42 Å². The fraction of sp³-hybridized carbons (Fsp3) is 0.318. The van der Waals surface area contributed by atoms with Crippen LogP contribution in [-0.2, 0) is 0 Å². The Balaban J connectivity index is 1.97. The summed E-state index contributed by atoms with van der Waals surface area (Å²) in [4.78, 5) is 12.0. The van der Waals surface area contributed by atoms with Crippen molar-refractivity contribution in [3.8, 4) is 17.0 Å². The Kier molecular flexibility index (Phi) is 4.41. The molecule has 26 heavy (non-hydrogen) atoms. The first kappa shape index (κ1) is 16.7. The predicted molar refractivity (Wildman–Crippen MR) is 106 cm³/mol. The number of aromatic nitrogens is 1. The van der Waals surface area contributed by atoms with E-state index in [1.807, 2.05) is 26.1 Å². The van der Waals surface area contributed by atoms with Crippen LogP contribution in [0.25, 0.3) is 22.2 Å². The van der Waals surface area contributed by atoms with Crippen LogP contribution in [0.1, 0.15) is 42.6 Å². The summed E-state index contributed by atoms with van der Waals surface area (Å²) < 4.78 is 8.07. The van der Waals surface area contributed by atoms with Crippen molar-refractivity contribution in [1.82, 2.24) is 4.57 Å². The number of hydrogen-bond donors (Lipinski definition) is 1. The molecule has 0 amide bonds. The highest BCUT2D eigenvalue weighted by molar-refractivity contribution is 6.05. The van der Waals surface area contributed by atoms with Crippen molar-refractivity contribution in [3.63, 3.8) is 0 Å². The van der Waals surface area contributed by atoms with Gasteiger partial charge in [-0.05, 0) is 56.0 Å². The number of fused-ring (bicyclic) bond motifs is 1. The van der Waals surface area contributed by atoms with Gasteiger partial charge in [-0.25, -0.2) is 0 Å². The van der Waals surface area contributed by atoms with Crippen molar-refractivity contribution in [3.05, 3.63) is 48.0 Å². The van der Waals surface area contributed by atoms with Gasteiger partial charge in [0.05, 0.1) is 17.8 Å². The minimum Gasteiger partial charge on any atom is -0.494 e. The zero-order chi connectivity index (χ0) is 18.1. The molecular formula is C22H24N2O2. The van der Waals surface area contributed by atoms with Crippen molar-refractivity contribution in [2.75, 3.05) is 19.0 Å². The van der Waals surface area contributed by atoms with Crippen molar-refractivity contribution >= 4 is 22.9 Å². The number of ether oxygens (including phenoxy) is 1. The van der Waals surface area contributed by atoms with E-state index in [1.54, 1.807) is 0 Å². The highest BCUT2D eigenvalue weighted by Gasteiger charge is 2.27. The minimum absolute atomic E-state index is 0.446. The van der Waals surface area contributed by atoms with Crippen LogP contribution in [0.3, 0.4) is 0 Å². The summed E-state index contributed by atoms with van der Waals surface area (Å²) in [6.45, 7) is 2.62. The molecule has 1 aliphatic carbocycles. The van der Waals surface area contributed by atoms with Gasteiger partial charge in [-0.1, -0.05) is 12.1 Å². The largest absolute Gasteiger partial charge is 0.494 e. The molecule has 4 nitrogen and oxygen atoms in total. The Morgan fingerprint density at radius 1 is 1.19 bits per heavy atom. The number of benzene rings is 2. The van der Waals surface area contributed by atoms with Gasteiger partial charge in [0.2, 0.25) is 0 Å². The van der Waals surface area contributed by atoms with Gasteiger partial charge in [-0.2, -0.15) is 0 Å². The SMILES string of the molecule is CCOc1ccc2c(C=O)c(-c3ccc(NC)cc3)n(C3CCC3)c2c1. The Bertz CT molecular complexity index is 937. The van der Waals surface area contributed by atoms with Crippen molar-refractivity contribution < 1.29 is 9.53 Å². The van der Waals surface area contributed by atoms with Crippen molar-refractivity contribution in [2.45, 2.75) is 32.2 Å². The molecule has 2 aromatic carbocycles. The van der Waals surface area contributed by atoms with Crippen LogP contribution in [0.2, 0.25) is 0 Å². The maximum atomic E-state index is 12.0. The molecule has 0 spiro atoms. The zero-order valence-electron chi connectivity index (χ0n) is 15.3. The third-order valence-electron chi connectivity index (χ3n) is 5.33. The first-order chi connectivity index (χ1) is 12.8. The molecule has 1 aliphatic rings. The van der Waals surface area contributed by atoms with Gasteiger partial charge in [0.25, 0.3) is 0 Å². The second-order valence-corrected chi connectivity index (χ2v) is 6.77. The molecule has 4 rings (SSSR count). The van der Waals surface area contributed by atoms with E-state index >= 15 is 0 Å². The maximum Gasteiger partial charge on any atom is 0.152 e. The lowest BCUT2D eigenvalue weighted by Gasteiger charge is -2.30. The maximum absolute atomic E-state index is 12.0. The molecule has 0 unspecified atom stereocenters. The van der Waals surface area contributed by atoms with E-state index in [4.69, 9.17) is 4.74 Å². The molecule has 1 heterocycles. The monoisotopic (exact) mass is 348 g/mol. The summed E-state index contributed by atoms with van der Waals surface area (Å²) in [5.74, 6) is 0.854. The summed E-state index contributed by atoms with van der Waals surface area (Å²) in [6.07, 6.45) is 4.55. The van der Waals surface area contributed by atoms with Gasteiger partial charge in [-0.15, -0.1) is 0 Å². The van der Waals surface area contributed by atoms with Crippen LogP contribution < -0.4 is 10.1 Å². The van der Waals surface area contributed by atoms with E-state index < -0.39 is 0 Å². The average Bonchev–Trinajstić information content (AvgIpc) is 2.94. The molecule has 0 atom stereocenters. The first-order valence-electron chi connectivity index (χ1n) is 9.31. The van der Waals surface area contributed by atoms with Gasteiger partial charge in [0.15, 0.2) is 6.29 Å². The summed E-state index contributed by atoms with van der Waals surface area (Å²) in [5.41, 5.74) is 5.03. The van der Waals surface area contributed by atoms with Crippen molar-refractivity contribution in [1.29, 1.82) is 0 Å². The number of anilines is 1. The van der Waals surface area contributed by atoms with Crippen molar-refractivity contribution in [2.24, 2.45) is 0 Å². The van der Waals surface area contributed by atoms with Gasteiger partial charge in [0, 0.05) is 35.8 Å². The number of aldehydes is 1. The highest BCUT2D eigenvalue weighted by atomic mass is 16.5. The van der Waals surface area contributed by atoms with Gasteiger partial charge >= 0.3 is 0 Å². The molecule has 1 fully saturated rings. The van der Waals surface area contributed by atoms with Gasteiger partial charge in [-0.3, -0.25) is 4.79 Å². The lowest BCUT2D eigenvalue weighted by Crippen LogP contribution is -2.18. The third kappa shape index (κ3) is 2.66. The van der Waals surface area contributed by atoms with E-state index in [-0.39, 0.29) is 0 Å². The summed E-state index contributed by atoms with van der Waals surface area (Å²) in [6, 6.07) is 14.8. The lowest BCUT2D eigenvalue weighted by atomic mass is 9.92. The van der Waals surface area contributed by atoms with Crippen LogP contribution in [0.4, 0.5) is 5.69 Å². The number of carbonyl (C=O) groups is 1. The summed E-state index contributed by atoms with van der Waals surface area (Å²) in [7, 11) is 1.91. The molecule has 1 saturated carbocycles. The minimum atomic E-state index is 0.446. The third-order valence-corrected chi connectivity index (χ3v) is 5.33. The summed E-state index contributed by atoms with van der Waals surface area (Å²) >= 11 is 0. The highest BCUT2D eigenvalue weighted by Crippen LogP contribution is 2.43. The number of carbonyl (C=O) groups excluding carboxylic acids is 1. The Morgan fingerprint density at radius 3 is 2.54 bits per heavy atom. The number of rotatable bonds is 6. The van der Waals surface area contributed by atoms with Gasteiger partial charge in [0.1, 0.15) is 5.75 Å². The fourth-order valence-electron chi connectivity index (χ4n) is 3.81. The number of hydrogen-bond acceptors (Lipinski definition) is 3. The molecule has 4 heteroatoms. The van der Waals surface area contributed by atoms with Crippen LogP contribution >= 0.6 is 0 Å². The van der Waals surface area contributed by atoms with Crippen LogP contribution in [0, 0.1) is 0 Å². The number of nitrogens with zero attached hydrogens (tertiary/aromatic N) is 1. The van der Waals surface area contributed by atoms with Gasteiger partial charge < -0.3 is 14.6 Å². The smallest absolute Gasteiger partial charge is 0.152 e. The zero-order valence-corrected chi connectivity index (χ0v) is 15.3. The topological polar surface area (TPSA) is 43.3 Å². The molecule has 1 N–H and O–H groups in total. The van der Waals surface area contributed by atoms with Crippen LogP contribution in [0.5, 0.6) is 5.75 Å². The molecule has 3 aromatic rings.